The molecule has 2 N–H and O–H groups in total. The Morgan fingerprint density at radius 3 is 2.17 bits per heavy atom. The summed E-state index contributed by atoms with van der Waals surface area (Å²) in [7, 11) is 1.59. The zero-order chi connectivity index (χ0) is 16.8. The van der Waals surface area contributed by atoms with E-state index in [-0.39, 0.29) is 11.8 Å². The van der Waals surface area contributed by atoms with E-state index >= 15 is 0 Å². The molecule has 0 unspecified atom stereocenters. The third-order valence-electron chi connectivity index (χ3n) is 3.16. The van der Waals surface area contributed by atoms with Crippen molar-refractivity contribution in [2.45, 2.75) is 13.3 Å². The number of rotatable bonds is 5. The maximum Gasteiger partial charge on any atom is 0.255 e. The molecular weight excluding hydrogens is 407 g/mol. The maximum absolute atomic E-state index is 12.2. The van der Waals surface area contributed by atoms with Crippen molar-refractivity contribution in [3.05, 3.63) is 51.6 Å². The van der Waals surface area contributed by atoms with Gasteiger partial charge in [0.25, 0.3) is 5.91 Å². The highest BCUT2D eigenvalue weighted by Crippen LogP contribution is 2.22. The molecule has 2 rings (SSSR count). The fourth-order valence-corrected chi connectivity index (χ4v) is 2.63. The van der Waals surface area contributed by atoms with E-state index in [1.54, 1.807) is 56.5 Å². The molecule has 2 amide bonds. The first kappa shape index (κ1) is 17.3. The number of carbonyl (C=O) groups excluding carboxylic acids is 2. The van der Waals surface area contributed by atoms with Crippen molar-refractivity contribution in [1.82, 2.24) is 0 Å². The van der Waals surface area contributed by atoms with E-state index in [4.69, 9.17) is 4.74 Å². The predicted octanol–water partition coefficient (Wildman–Crippen LogP) is 3.90. The van der Waals surface area contributed by atoms with Crippen molar-refractivity contribution in [3.63, 3.8) is 0 Å². The first-order valence-electron chi connectivity index (χ1n) is 7.08. The molecule has 0 aliphatic carbocycles. The smallest absolute Gasteiger partial charge is 0.255 e. The minimum absolute atomic E-state index is 0.0467. The van der Waals surface area contributed by atoms with Crippen LogP contribution in [-0.2, 0) is 4.79 Å². The molecule has 0 spiro atoms. The van der Waals surface area contributed by atoms with Crippen molar-refractivity contribution < 1.29 is 14.3 Å². The van der Waals surface area contributed by atoms with Gasteiger partial charge in [-0.25, -0.2) is 0 Å². The largest absolute Gasteiger partial charge is 0.496 e. The van der Waals surface area contributed by atoms with Gasteiger partial charge in [-0.15, -0.1) is 0 Å². The lowest BCUT2D eigenvalue weighted by Gasteiger charge is -2.09. The molecule has 0 bridgehead atoms. The highest BCUT2D eigenvalue weighted by molar-refractivity contribution is 14.1. The second kappa shape index (κ2) is 7.96. The molecule has 0 heterocycles. The van der Waals surface area contributed by atoms with Gasteiger partial charge in [0.05, 0.1) is 10.7 Å². The summed E-state index contributed by atoms with van der Waals surface area (Å²) in [6.45, 7) is 1.79. The lowest BCUT2D eigenvalue weighted by Crippen LogP contribution is -2.12. The Morgan fingerprint density at radius 2 is 1.65 bits per heavy atom. The molecule has 0 saturated heterocycles. The average Bonchev–Trinajstić information content (AvgIpc) is 2.56. The van der Waals surface area contributed by atoms with Crippen LogP contribution in [0, 0.1) is 3.57 Å². The topological polar surface area (TPSA) is 67.4 Å². The SMILES string of the molecule is CCC(=O)Nc1ccc(NC(=O)c2ccc(OC)c(I)c2)cc1. The first-order chi connectivity index (χ1) is 11.0. The van der Waals surface area contributed by atoms with Gasteiger partial charge in [0.15, 0.2) is 0 Å². The second-order valence-corrected chi connectivity index (χ2v) is 5.94. The number of ether oxygens (including phenoxy) is 1. The van der Waals surface area contributed by atoms with E-state index in [0.717, 1.165) is 9.32 Å². The van der Waals surface area contributed by atoms with E-state index in [1.165, 1.54) is 0 Å². The minimum atomic E-state index is -0.198. The molecule has 23 heavy (non-hydrogen) atoms. The summed E-state index contributed by atoms with van der Waals surface area (Å²) in [5.74, 6) is 0.490. The molecule has 6 heteroatoms. The Morgan fingerprint density at radius 1 is 1.04 bits per heavy atom. The number of halogens is 1. The molecule has 0 aromatic heterocycles. The second-order valence-electron chi connectivity index (χ2n) is 4.78. The highest BCUT2D eigenvalue weighted by Gasteiger charge is 2.09. The van der Waals surface area contributed by atoms with Crippen molar-refractivity contribution in [2.24, 2.45) is 0 Å². The van der Waals surface area contributed by atoms with Crippen LogP contribution in [0.3, 0.4) is 0 Å². The number of hydrogen-bond donors (Lipinski definition) is 2. The highest BCUT2D eigenvalue weighted by atomic mass is 127. The Labute approximate surface area is 148 Å². The average molecular weight is 424 g/mol. The van der Waals surface area contributed by atoms with Crippen LogP contribution < -0.4 is 15.4 Å². The quantitative estimate of drug-likeness (QED) is 0.716. The van der Waals surface area contributed by atoms with Gasteiger partial charge >= 0.3 is 0 Å². The van der Waals surface area contributed by atoms with Gasteiger partial charge < -0.3 is 15.4 Å². The normalized spacial score (nSPS) is 10.0. The van der Waals surface area contributed by atoms with Crippen molar-refractivity contribution in [2.75, 3.05) is 17.7 Å². The maximum atomic E-state index is 12.2. The molecule has 120 valence electrons. The lowest BCUT2D eigenvalue weighted by atomic mass is 10.2. The van der Waals surface area contributed by atoms with Crippen molar-refractivity contribution in [3.8, 4) is 5.75 Å². The Bertz CT molecular complexity index is 714. The number of amides is 2. The fraction of sp³-hybridized carbons (Fsp3) is 0.176. The van der Waals surface area contributed by atoms with Crippen LogP contribution in [0.1, 0.15) is 23.7 Å². The van der Waals surface area contributed by atoms with Crippen LogP contribution in [0.25, 0.3) is 0 Å². The Balaban J connectivity index is 2.05. The van der Waals surface area contributed by atoms with Crippen LogP contribution in [0.2, 0.25) is 0 Å². The number of methoxy groups -OCH3 is 1. The van der Waals surface area contributed by atoms with Crippen LogP contribution in [0.15, 0.2) is 42.5 Å². The lowest BCUT2D eigenvalue weighted by molar-refractivity contribution is -0.115. The predicted molar refractivity (Wildman–Crippen MR) is 99.0 cm³/mol. The summed E-state index contributed by atoms with van der Waals surface area (Å²) in [5.41, 5.74) is 1.92. The third kappa shape index (κ3) is 4.69. The molecule has 2 aromatic rings. The summed E-state index contributed by atoms with van der Waals surface area (Å²) < 4.78 is 6.05. The van der Waals surface area contributed by atoms with E-state index < -0.39 is 0 Å². The molecule has 0 aliphatic heterocycles. The molecule has 0 aliphatic rings. The summed E-state index contributed by atoms with van der Waals surface area (Å²) in [6, 6.07) is 12.2. The van der Waals surface area contributed by atoms with Crippen LogP contribution in [-0.4, -0.2) is 18.9 Å². The number of anilines is 2. The molecule has 0 atom stereocenters. The van der Waals surface area contributed by atoms with Gasteiger partial charge in [-0.05, 0) is 65.1 Å². The minimum Gasteiger partial charge on any atom is -0.496 e. The zero-order valence-electron chi connectivity index (χ0n) is 12.9. The van der Waals surface area contributed by atoms with Gasteiger partial charge in [-0.2, -0.15) is 0 Å². The van der Waals surface area contributed by atoms with Gasteiger partial charge in [-0.3, -0.25) is 9.59 Å². The summed E-state index contributed by atoms with van der Waals surface area (Å²) in [6.07, 6.45) is 0.425. The van der Waals surface area contributed by atoms with Crippen LogP contribution in [0.4, 0.5) is 11.4 Å². The van der Waals surface area contributed by atoms with Gasteiger partial charge in [0.1, 0.15) is 5.75 Å². The molecule has 0 radical (unpaired) electrons. The van der Waals surface area contributed by atoms with E-state index in [0.29, 0.717) is 23.4 Å². The zero-order valence-corrected chi connectivity index (χ0v) is 15.0. The number of carbonyl (C=O) groups is 2. The molecule has 2 aromatic carbocycles. The molecular formula is C17H17IN2O3. The number of nitrogens with one attached hydrogen (secondary N) is 2. The van der Waals surface area contributed by atoms with E-state index in [9.17, 15) is 9.59 Å². The summed E-state index contributed by atoms with van der Waals surface area (Å²) >= 11 is 2.12. The van der Waals surface area contributed by atoms with Crippen LogP contribution in [0.5, 0.6) is 5.75 Å². The first-order valence-corrected chi connectivity index (χ1v) is 8.16. The van der Waals surface area contributed by atoms with Crippen molar-refractivity contribution >= 4 is 45.8 Å². The molecule has 5 nitrogen and oxygen atoms in total. The fourth-order valence-electron chi connectivity index (χ4n) is 1.90. The van der Waals surface area contributed by atoms with Gasteiger partial charge in [0, 0.05) is 23.4 Å². The molecule has 0 fully saturated rings. The van der Waals surface area contributed by atoms with E-state index in [1.807, 2.05) is 0 Å². The Hall–Kier alpha value is -2.09. The number of hydrogen-bond acceptors (Lipinski definition) is 3. The Kier molecular flexibility index (Phi) is 5.97. The standard InChI is InChI=1S/C17H17IN2O3/c1-3-16(21)19-12-5-7-13(8-6-12)20-17(22)11-4-9-15(23-2)14(18)10-11/h4-10H,3H2,1-2H3,(H,19,21)(H,20,22). The summed E-state index contributed by atoms with van der Waals surface area (Å²) in [4.78, 5) is 23.6. The van der Waals surface area contributed by atoms with Gasteiger partial charge in [0.2, 0.25) is 5.91 Å². The van der Waals surface area contributed by atoms with Gasteiger partial charge in [-0.1, -0.05) is 6.92 Å². The van der Waals surface area contributed by atoms with Crippen LogP contribution >= 0.6 is 22.6 Å². The summed E-state index contributed by atoms with van der Waals surface area (Å²) in [5, 5.41) is 5.58. The molecule has 0 saturated carbocycles. The van der Waals surface area contributed by atoms with Crippen molar-refractivity contribution in [1.29, 1.82) is 0 Å². The third-order valence-corrected chi connectivity index (χ3v) is 4.00. The monoisotopic (exact) mass is 424 g/mol. The van der Waals surface area contributed by atoms with E-state index in [2.05, 4.69) is 33.2 Å². The number of benzene rings is 2.